The van der Waals surface area contributed by atoms with Crippen LogP contribution in [0.25, 0.3) is 11.4 Å². The second-order valence-corrected chi connectivity index (χ2v) is 19.7. The highest BCUT2D eigenvalue weighted by Crippen LogP contribution is 2.47. The fourth-order valence-electron chi connectivity index (χ4n) is 8.28. The molecule has 0 bridgehead atoms. The molecule has 278 valence electrons. The smallest absolute Gasteiger partial charge is 0.252 e. The molecule has 3 heterocycles. The second-order valence-electron chi connectivity index (χ2n) is 19.7. The van der Waals surface area contributed by atoms with Gasteiger partial charge in [0.05, 0.1) is 0 Å². The molecule has 0 saturated carbocycles. The predicted molar refractivity (Wildman–Crippen MR) is 236 cm³/mol. The van der Waals surface area contributed by atoms with Gasteiger partial charge in [0, 0.05) is 52.1 Å². The average Bonchev–Trinajstić information content (AvgIpc) is 3.13. The Morgan fingerprint density at radius 3 is 1.15 bits per heavy atom. The molecule has 0 fully saturated rings. The van der Waals surface area contributed by atoms with E-state index in [1.165, 1.54) is 50.0 Å². The molecule has 0 radical (unpaired) electrons. The third kappa shape index (κ3) is 6.46. The molecular weight excluding hydrogens is 667 g/mol. The summed E-state index contributed by atoms with van der Waals surface area (Å²) in [6, 6.07) is 39.4. The topological polar surface area (TPSA) is 32.3 Å². The SMILES string of the molecule is CC(C)(C)c1ccc(N2c3cc(C(C)(C)C)ccc3B3c4ccc(C(C)(C)C)cc4N(c4ccc(C(C)(C)C)cc4)c4cc(-c5ncccn5)cc2c43)cc1. The maximum atomic E-state index is 4.82. The van der Waals surface area contributed by atoms with Crippen LogP contribution in [0.1, 0.15) is 105 Å². The molecule has 0 spiro atoms. The lowest BCUT2D eigenvalue weighted by Gasteiger charge is -2.45. The molecule has 0 amide bonds. The van der Waals surface area contributed by atoms with Gasteiger partial charge in [0.25, 0.3) is 6.71 Å². The highest BCUT2D eigenvalue weighted by Gasteiger charge is 2.44. The molecule has 1 aromatic heterocycles. The Hall–Kier alpha value is -5.16. The van der Waals surface area contributed by atoms with Gasteiger partial charge < -0.3 is 9.80 Å². The van der Waals surface area contributed by atoms with Gasteiger partial charge in [-0.2, -0.15) is 0 Å². The zero-order valence-electron chi connectivity index (χ0n) is 34.8. The van der Waals surface area contributed by atoms with Crippen LogP contribution in [0.5, 0.6) is 0 Å². The molecule has 6 aromatic rings. The minimum atomic E-state index is -0.0238. The Morgan fingerprint density at radius 2 is 0.782 bits per heavy atom. The summed E-state index contributed by atoms with van der Waals surface area (Å²) >= 11 is 0. The molecule has 55 heavy (non-hydrogen) atoms. The summed E-state index contributed by atoms with van der Waals surface area (Å²) in [5.74, 6) is 0.715. The second kappa shape index (κ2) is 12.7. The summed E-state index contributed by atoms with van der Waals surface area (Å²) in [4.78, 5) is 14.6. The van der Waals surface area contributed by atoms with E-state index < -0.39 is 0 Å². The Bertz CT molecular complexity index is 2250. The van der Waals surface area contributed by atoms with Crippen LogP contribution in [0.3, 0.4) is 0 Å². The molecule has 2 aliphatic rings. The lowest BCUT2D eigenvalue weighted by molar-refractivity contribution is 0.590. The van der Waals surface area contributed by atoms with Crippen LogP contribution in [0.15, 0.2) is 116 Å². The van der Waals surface area contributed by atoms with Crippen molar-refractivity contribution >= 4 is 57.2 Å². The molecule has 0 saturated heterocycles. The highest BCUT2D eigenvalue weighted by atomic mass is 15.2. The van der Waals surface area contributed by atoms with Crippen molar-refractivity contribution in [2.75, 3.05) is 9.80 Å². The minimum Gasteiger partial charge on any atom is -0.311 e. The number of hydrogen-bond acceptors (Lipinski definition) is 4. The fourth-order valence-corrected chi connectivity index (χ4v) is 8.28. The first-order chi connectivity index (χ1) is 25.8. The standard InChI is InChI=1S/C50H55BN4/c1-47(2,3)33-14-20-37(21-15-33)54-41-30-35(49(7,8)9)18-24-39(41)51-40-25-19-36(50(10,11)12)31-42(40)55(38-22-16-34(17-23-38)48(4,5)6)44-29-32(28-43(54)45(44)51)46-52-26-13-27-53-46/h13-31H,1-12H3. The van der Waals surface area contributed by atoms with Crippen molar-refractivity contribution in [3.8, 4) is 11.4 Å². The largest absolute Gasteiger partial charge is 0.311 e. The van der Waals surface area contributed by atoms with Gasteiger partial charge in [0.1, 0.15) is 0 Å². The van der Waals surface area contributed by atoms with Gasteiger partial charge in [-0.3, -0.25) is 0 Å². The van der Waals surface area contributed by atoms with E-state index in [9.17, 15) is 0 Å². The third-order valence-corrected chi connectivity index (χ3v) is 11.6. The Labute approximate surface area is 329 Å². The van der Waals surface area contributed by atoms with Crippen LogP contribution in [0.2, 0.25) is 0 Å². The van der Waals surface area contributed by atoms with Gasteiger partial charge in [-0.05, 0) is 115 Å². The average molecular weight is 723 g/mol. The third-order valence-electron chi connectivity index (χ3n) is 11.6. The molecule has 5 heteroatoms. The summed E-state index contributed by atoms with van der Waals surface area (Å²) in [7, 11) is 0. The van der Waals surface area contributed by atoms with Gasteiger partial charge in [-0.25, -0.2) is 9.97 Å². The Balaban J connectivity index is 1.49. The van der Waals surface area contributed by atoms with E-state index in [0.29, 0.717) is 5.82 Å². The predicted octanol–water partition coefficient (Wildman–Crippen LogP) is 11.4. The zero-order valence-corrected chi connectivity index (χ0v) is 34.8. The lowest BCUT2D eigenvalue weighted by Crippen LogP contribution is -2.61. The molecular formula is C50H55BN4. The van der Waals surface area contributed by atoms with Crippen LogP contribution in [-0.2, 0) is 21.7 Å². The summed E-state index contributed by atoms with van der Waals surface area (Å²) in [6.07, 6.45) is 3.69. The van der Waals surface area contributed by atoms with E-state index in [2.05, 4.69) is 190 Å². The van der Waals surface area contributed by atoms with Crippen LogP contribution < -0.4 is 26.2 Å². The van der Waals surface area contributed by atoms with Gasteiger partial charge >= 0.3 is 0 Å². The monoisotopic (exact) mass is 722 g/mol. The lowest BCUT2D eigenvalue weighted by atomic mass is 9.33. The van der Waals surface area contributed by atoms with Crippen molar-refractivity contribution in [1.29, 1.82) is 0 Å². The first kappa shape index (κ1) is 36.8. The normalized spacial score (nSPS) is 14.1. The number of benzene rings is 5. The first-order valence-electron chi connectivity index (χ1n) is 19.9. The molecule has 0 unspecified atom stereocenters. The number of anilines is 6. The van der Waals surface area contributed by atoms with E-state index in [4.69, 9.17) is 9.97 Å². The van der Waals surface area contributed by atoms with Gasteiger partial charge in [0.15, 0.2) is 5.82 Å². The van der Waals surface area contributed by atoms with Crippen LogP contribution >= 0.6 is 0 Å². The van der Waals surface area contributed by atoms with Crippen molar-refractivity contribution in [2.45, 2.75) is 105 Å². The van der Waals surface area contributed by atoms with E-state index in [0.717, 1.165) is 28.3 Å². The molecule has 4 nitrogen and oxygen atoms in total. The van der Waals surface area contributed by atoms with E-state index in [-0.39, 0.29) is 28.4 Å². The summed E-state index contributed by atoms with van der Waals surface area (Å²) in [6.45, 7) is 27.6. The summed E-state index contributed by atoms with van der Waals surface area (Å²) in [5.41, 5.74) is 17.3. The minimum absolute atomic E-state index is 0.0238. The fraction of sp³-hybridized carbons (Fsp3) is 0.320. The van der Waals surface area contributed by atoms with Crippen molar-refractivity contribution in [2.24, 2.45) is 0 Å². The molecule has 0 atom stereocenters. The van der Waals surface area contributed by atoms with Crippen molar-refractivity contribution in [1.82, 2.24) is 9.97 Å². The Kier molecular flexibility index (Phi) is 8.50. The molecule has 8 rings (SSSR count). The molecule has 0 N–H and O–H groups in total. The summed E-state index contributed by atoms with van der Waals surface area (Å²) < 4.78 is 0. The van der Waals surface area contributed by atoms with Crippen molar-refractivity contribution in [3.05, 3.63) is 138 Å². The number of hydrogen-bond donors (Lipinski definition) is 0. The molecule has 5 aromatic carbocycles. The number of rotatable bonds is 3. The van der Waals surface area contributed by atoms with Crippen LogP contribution in [0, 0.1) is 0 Å². The first-order valence-corrected chi connectivity index (χ1v) is 19.9. The van der Waals surface area contributed by atoms with Crippen LogP contribution in [-0.4, -0.2) is 16.7 Å². The van der Waals surface area contributed by atoms with E-state index >= 15 is 0 Å². The van der Waals surface area contributed by atoms with Crippen LogP contribution in [0.4, 0.5) is 34.1 Å². The van der Waals surface area contributed by atoms with Gasteiger partial charge in [0.2, 0.25) is 0 Å². The maximum absolute atomic E-state index is 4.82. The van der Waals surface area contributed by atoms with Gasteiger partial charge in [-0.15, -0.1) is 0 Å². The quantitative estimate of drug-likeness (QED) is 0.170. The van der Waals surface area contributed by atoms with Crippen molar-refractivity contribution in [3.63, 3.8) is 0 Å². The highest BCUT2D eigenvalue weighted by molar-refractivity contribution is 7.00. The zero-order chi connectivity index (χ0) is 39.2. The van der Waals surface area contributed by atoms with E-state index in [1.54, 1.807) is 0 Å². The summed E-state index contributed by atoms with van der Waals surface area (Å²) in [5, 5.41) is 0. The van der Waals surface area contributed by atoms with E-state index in [1.807, 2.05) is 18.5 Å². The molecule has 0 aliphatic carbocycles. The molecule has 2 aliphatic heterocycles. The number of nitrogens with zero attached hydrogens (tertiary/aromatic N) is 4. The number of fused-ring (bicyclic) bond motifs is 4. The number of aromatic nitrogens is 2. The van der Waals surface area contributed by atoms with Gasteiger partial charge in [-0.1, -0.05) is 132 Å². The van der Waals surface area contributed by atoms with Crippen molar-refractivity contribution < 1.29 is 0 Å². The Morgan fingerprint density at radius 1 is 0.418 bits per heavy atom. The maximum Gasteiger partial charge on any atom is 0.252 e.